The van der Waals surface area contributed by atoms with Gasteiger partial charge in [0, 0.05) is 6.20 Å². The molecule has 2 unspecified atom stereocenters. The molecule has 0 radical (unpaired) electrons. The number of nitrogens with zero attached hydrogens (tertiary/aromatic N) is 2. The Hall–Kier alpha value is -1.94. The lowest BCUT2D eigenvalue weighted by Gasteiger charge is -2.22. The number of carbonyl (C=O) groups is 1. The normalized spacial score (nSPS) is 13.5. The second-order valence-electron chi connectivity index (χ2n) is 4.97. The highest BCUT2D eigenvalue weighted by Gasteiger charge is 2.26. The third-order valence-electron chi connectivity index (χ3n) is 3.53. The van der Waals surface area contributed by atoms with Crippen molar-refractivity contribution >= 4 is 23.3 Å². The summed E-state index contributed by atoms with van der Waals surface area (Å²) in [6, 6.07) is 11.4. The zero-order chi connectivity index (χ0) is 15.2. The average molecular weight is 304 g/mol. The molecule has 0 saturated carbocycles. The zero-order valence-corrected chi connectivity index (χ0v) is 12.8. The molecule has 0 spiro atoms. The van der Waals surface area contributed by atoms with E-state index in [2.05, 4.69) is 29.1 Å². The van der Waals surface area contributed by atoms with E-state index in [-0.39, 0.29) is 23.0 Å². The Balaban J connectivity index is 2.23. The van der Waals surface area contributed by atoms with Crippen molar-refractivity contribution in [3.8, 4) is 0 Å². The molecule has 0 bridgehead atoms. The van der Waals surface area contributed by atoms with Crippen LogP contribution in [0.1, 0.15) is 31.7 Å². The van der Waals surface area contributed by atoms with Gasteiger partial charge in [-0.2, -0.15) is 0 Å². The minimum absolute atomic E-state index is 0.0784. The molecule has 0 fully saturated rings. The molecule has 110 valence electrons. The van der Waals surface area contributed by atoms with E-state index in [0.717, 1.165) is 12.0 Å². The van der Waals surface area contributed by atoms with Crippen LogP contribution in [-0.4, -0.2) is 15.9 Å². The smallest absolute Gasteiger partial charge is 0.233 e. The van der Waals surface area contributed by atoms with Gasteiger partial charge < -0.3 is 5.32 Å². The van der Waals surface area contributed by atoms with Crippen LogP contribution in [0.5, 0.6) is 0 Å². The Morgan fingerprint density at radius 3 is 2.62 bits per heavy atom. The topological polar surface area (TPSA) is 54.9 Å². The van der Waals surface area contributed by atoms with Crippen LogP contribution in [0.25, 0.3) is 0 Å². The van der Waals surface area contributed by atoms with Crippen molar-refractivity contribution in [1.29, 1.82) is 0 Å². The average Bonchev–Trinajstić information content (AvgIpc) is 2.48. The van der Waals surface area contributed by atoms with Gasteiger partial charge in [-0.05, 0) is 29.1 Å². The number of rotatable bonds is 5. The molecular weight excluding hydrogens is 286 g/mol. The fourth-order valence-corrected chi connectivity index (χ4v) is 2.39. The third kappa shape index (κ3) is 4.02. The number of aromatic nitrogens is 2. The number of hydrogen-bond donors (Lipinski definition) is 1. The Bertz CT molecular complexity index is 603. The van der Waals surface area contributed by atoms with Crippen molar-refractivity contribution in [1.82, 2.24) is 9.97 Å². The van der Waals surface area contributed by atoms with E-state index in [4.69, 9.17) is 11.6 Å². The van der Waals surface area contributed by atoms with Gasteiger partial charge in [0.05, 0.1) is 5.92 Å². The standard InChI is InChI=1S/C16H18ClN3O/c1-3-11(2)14(12-7-5-4-6-8-12)15(21)19-13-9-10-18-16(17)20-13/h4-11,14H,3H2,1-2H3,(H,18,19,20,21). The van der Waals surface area contributed by atoms with E-state index in [1.807, 2.05) is 30.3 Å². The Morgan fingerprint density at radius 2 is 2.00 bits per heavy atom. The molecule has 2 atom stereocenters. The van der Waals surface area contributed by atoms with Gasteiger partial charge in [0.2, 0.25) is 11.2 Å². The lowest BCUT2D eigenvalue weighted by Crippen LogP contribution is -2.26. The van der Waals surface area contributed by atoms with E-state index in [9.17, 15) is 4.79 Å². The summed E-state index contributed by atoms with van der Waals surface area (Å²) >= 11 is 5.74. The van der Waals surface area contributed by atoms with Gasteiger partial charge in [-0.25, -0.2) is 9.97 Å². The predicted octanol–water partition coefficient (Wildman–Crippen LogP) is 3.90. The van der Waals surface area contributed by atoms with Crippen molar-refractivity contribution in [2.45, 2.75) is 26.2 Å². The minimum Gasteiger partial charge on any atom is -0.310 e. The van der Waals surface area contributed by atoms with Crippen molar-refractivity contribution in [2.24, 2.45) is 5.92 Å². The SMILES string of the molecule is CCC(C)C(C(=O)Nc1ccnc(Cl)n1)c1ccccc1. The first-order chi connectivity index (χ1) is 10.1. The molecule has 1 N–H and O–H groups in total. The lowest BCUT2D eigenvalue weighted by atomic mass is 9.85. The number of anilines is 1. The van der Waals surface area contributed by atoms with Crippen LogP contribution in [-0.2, 0) is 4.79 Å². The van der Waals surface area contributed by atoms with Gasteiger partial charge in [0.25, 0.3) is 0 Å². The molecular formula is C16H18ClN3O. The van der Waals surface area contributed by atoms with E-state index >= 15 is 0 Å². The molecule has 2 aromatic rings. The van der Waals surface area contributed by atoms with Crippen molar-refractivity contribution in [3.05, 3.63) is 53.4 Å². The third-order valence-corrected chi connectivity index (χ3v) is 3.71. The van der Waals surface area contributed by atoms with E-state index in [0.29, 0.717) is 5.82 Å². The number of nitrogens with one attached hydrogen (secondary N) is 1. The van der Waals surface area contributed by atoms with Crippen LogP contribution >= 0.6 is 11.6 Å². The maximum absolute atomic E-state index is 12.6. The van der Waals surface area contributed by atoms with Gasteiger partial charge in [0.15, 0.2) is 0 Å². The van der Waals surface area contributed by atoms with E-state index in [1.165, 1.54) is 6.20 Å². The van der Waals surface area contributed by atoms with Crippen LogP contribution < -0.4 is 5.32 Å². The zero-order valence-electron chi connectivity index (χ0n) is 12.1. The van der Waals surface area contributed by atoms with Gasteiger partial charge in [-0.3, -0.25) is 4.79 Å². The first-order valence-corrected chi connectivity index (χ1v) is 7.34. The highest BCUT2D eigenvalue weighted by atomic mass is 35.5. The highest BCUT2D eigenvalue weighted by Crippen LogP contribution is 2.28. The molecule has 5 heteroatoms. The van der Waals surface area contributed by atoms with Crippen LogP contribution in [0.4, 0.5) is 5.82 Å². The van der Waals surface area contributed by atoms with Gasteiger partial charge in [-0.15, -0.1) is 0 Å². The summed E-state index contributed by atoms with van der Waals surface area (Å²) in [5, 5.41) is 2.94. The highest BCUT2D eigenvalue weighted by molar-refractivity contribution is 6.28. The monoisotopic (exact) mass is 303 g/mol. The van der Waals surface area contributed by atoms with Crippen LogP contribution in [0.15, 0.2) is 42.6 Å². The first-order valence-electron chi connectivity index (χ1n) is 6.96. The van der Waals surface area contributed by atoms with Crippen LogP contribution in [0.3, 0.4) is 0 Å². The Labute approximate surface area is 129 Å². The van der Waals surface area contributed by atoms with Crippen LogP contribution in [0.2, 0.25) is 5.28 Å². The quantitative estimate of drug-likeness (QED) is 0.852. The Kier molecular flexibility index (Phi) is 5.28. The summed E-state index contributed by atoms with van der Waals surface area (Å²) in [6.07, 6.45) is 2.43. The van der Waals surface area contributed by atoms with E-state index in [1.54, 1.807) is 6.07 Å². The molecule has 0 aliphatic carbocycles. The van der Waals surface area contributed by atoms with Gasteiger partial charge >= 0.3 is 0 Å². The molecule has 1 aromatic carbocycles. The number of benzene rings is 1. The van der Waals surface area contributed by atoms with Crippen molar-refractivity contribution in [3.63, 3.8) is 0 Å². The summed E-state index contributed by atoms with van der Waals surface area (Å²) in [5.74, 6) is 0.351. The van der Waals surface area contributed by atoms with E-state index < -0.39 is 0 Å². The molecule has 21 heavy (non-hydrogen) atoms. The molecule has 4 nitrogen and oxygen atoms in total. The van der Waals surface area contributed by atoms with Crippen LogP contribution in [0, 0.1) is 5.92 Å². The summed E-state index contributed by atoms with van der Waals surface area (Å²) < 4.78 is 0. The summed E-state index contributed by atoms with van der Waals surface area (Å²) in [6.45, 7) is 4.15. The second-order valence-corrected chi connectivity index (χ2v) is 5.31. The number of carbonyl (C=O) groups excluding carboxylic acids is 1. The minimum atomic E-state index is -0.218. The number of hydrogen-bond acceptors (Lipinski definition) is 3. The maximum atomic E-state index is 12.6. The number of halogens is 1. The molecule has 0 aliphatic rings. The maximum Gasteiger partial charge on any atom is 0.233 e. The summed E-state index contributed by atoms with van der Waals surface area (Å²) in [5.41, 5.74) is 1.00. The molecule has 0 aliphatic heterocycles. The molecule has 0 saturated heterocycles. The van der Waals surface area contributed by atoms with Gasteiger partial charge in [0.1, 0.15) is 5.82 Å². The van der Waals surface area contributed by atoms with Crippen molar-refractivity contribution < 1.29 is 4.79 Å². The first kappa shape index (κ1) is 15.4. The summed E-state index contributed by atoms with van der Waals surface area (Å²) in [4.78, 5) is 20.4. The molecule has 1 heterocycles. The Morgan fingerprint density at radius 1 is 1.29 bits per heavy atom. The molecule has 1 amide bonds. The molecule has 1 aromatic heterocycles. The number of amides is 1. The fraction of sp³-hybridized carbons (Fsp3) is 0.312. The lowest BCUT2D eigenvalue weighted by molar-refractivity contribution is -0.118. The van der Waals surface area contributed by atoms with Gasteiger partial charge in [-0.1, -0.05) is 50.6 Å². The fourth-order valence-electron chi connectivity index (χ4n) is 2.24. The summed E-state index contributed by atoms with van der Waals surface area (Å²) in [7, 11) is 0. The largest absolute Gasteiger partial charge is 0.310 e. The molecule has 2 rings (SSSR count). The second kappa shape index (κ2) is 7.18. The predicted molar refractivity (Wildman–Crippen MR) is 84.3 cm³/mol. The van der Waals surface area contributed by atoms with Crippen molar-refractivity contribution in [2.75, 3.05) is 5.32 Å².